The molecule has 22 heavy (non-hydrogen) atoms. The molecule has 0 spiro atoms. The number of unbranched alkanes of at least 4 members (excludes halogenated alkanes) is 11. The molecule has 0 heterocycles. The van der Waals surface area contributed by atoms with Gasteiger partial charge in [0.15, 0.2) is 0 Å². The molecule has 0 saturated heterocycles. The van der Waals surface area contributed by atoms with Crippen LogP contribution in [0, 0.1) is 31.6 Å². The molecule has 0 bridgehead atoms. The van der Waals surface area contributed by atoms with E-state index in [1.165, 1.54) is 77.0 Å². The Hall–Kier alpha value is -0.440. The number of rotatable bonds is 15. The zero-order chi connectivity index (χ0) is 16.3. The van der Waals surface area contributed by atoms with E-state index in [-0.39, 0.29) is 0 Å². The van der Waals surface area contributed by atoms with E-state index >= 15 is 0 Å². The monoisotopic (exact) mass is 304 g/mol. The third-order valence-corrected chi connectivity index (χ3v) is 4.37. The third-order valence-electron chi connectivity index (χ3n) is 4.37. The summed E-state index contributed by atoms with van der Waals surface area (Å²) in [6.07, 6.45) is 20.6. The minimum absolute atomic E-state index is 0.911. The average molecular weight is 305 g/mol. The van der Waals surface area contributed by atoms with Crippen LogP contribution >= 0.6 is 0 Å². The van der Waals surface area contributed by atoms with Gasteiger partial charge < -0.3 is 0 Å². The maximum atomic E-state index is 3.90. The van der Waals surface area contributed by atoms with Gasteiger partial charge in [0.1, 0.15) is 0 Å². The van der Waals surface area contributed by atoms with E-state index in [9.17, 15) is 0 Å². The molecule has 1 unspecified atom stereocenters. The molecule has 0 saturated carbocycles. The van der Waals surface area contributed by atoms with Crippen LogP contribution in [0.25, 0.3) is 0 Å². The Morgan fingerprint density at radius 3 is 1.50 bits per heavy atom. The maximum Gasteiger partial charge on any atom is 0.00886 e. The molecule has 0 heteroatoms. The van der Waals surface area contributed by atoms with Crippen molar-refractivity contribution < 1.29 is 0 Å². The quantitative estimate of drug-likeness (QED) is 0.216. The van der Waals surface area contributed by atoms with E-state index in [0.29, 0.717) is 0 Å². The van der Waals surface area contributed by atoms with E-state index in [1.807, 2.05) is 0 Å². The summed E-state index contributed by atoms with van der Waals surface area (Å²) in [6, 6.07) is 0. The van der Waals surface area contributed by atoms with Gasteiger partial charge >= 0.3 is 0 Å². The summed E-state index contributed by atoms with van der Waals surface area (Å²) in [5.41, 5.74) is 0. The Morgan fingerprint density at radius 2 is 1.00 bits per heavy atom. The van der Waals surface area contributed by atoms with Crippen LogP contribution in [-0.2, 0) is 0 Å². The normalized spacial score (nSPS) is 12.0. The summed E-state index contributed by atoms with van der Waals surface area (Å²) in [6.45, 7) is 10.2. The van der Waals surface area contributed by atoms with Gasteiger partial charge in [0.25, 0.3) is 0 Å². The topological polar surface area (TPSA) is 0 Å². The maximum absolute atomic E-state index is 3.90. The van der Waals surface area contributed by atoms with Gasteiger partial charge in [-0.05, 0) is 18.8 Å². The van der Waals surface area contributed by atoms with Crippen molar-refractivity contribution in [1.82, 2.24) is 0 Å². The molecule has 0 aromatic rings. The fourth-order valence-corrected chi connectivity index (χ4v) is 2.79. The molecule has 0 fully saturated rings. The van der Waals surface area contributed by atoms with Crippen LogP contribution in [0.3, 0.4) is 0 Å². The summed E-state index contributed by atoms with van der Waals surface area (Å²) >= 11 is 0. The fourth-order valence-electron chi connectivity index (χ4n) is 2.79. The van der Waals surface area contributed by atoms with Crippen LogP contribution in [0.15, 0.2) is 0 Å². The summed E-state index contributed by atoms with van der Waals surface area (Å²) in [5, 5.41) is 0. The van der Waals surface area contributed by atoms with Crippen molar-refractivity contribution in [2.45, 2.75) is 110 Å². The smallest absolute Gasteiger partial charge is 0.00886 e. The zero-order valence-electron chi connectivity index (χ0n) is 15.3. The van der Waals surface area contributed by atoms with Crippen LogP contribution in [0.4, 0.5) is 0 Å². The Bertz CT molecular complexity index is 255. The first kappa shape index (κ1) is 21.6. The highest BCUT2D eigenvalue weighted by Gasteiger charge is 2.01. The van der Waals surface area contributed by atoms with Crippen LogP contribution in [0.1, 0.15) is 110 Å². The molecule has 0 aromatic heterocycles. The first-order valence-corrected chi connectivity index (χ1v) is 9.85. The summed E-state index contributed by atoms with van der Waals surface area (Å²) in [4.78, 5) is 0. The van der Waals surface area contributed by atoms with Gasteiger partial charge in [-0.2, -0.15) is 0 Å². The van der Waals surface area contributed by atoms with Gasteiger partial charge in [0.05, 0.1) is 0 Å². The van der Waals surface area contributed by atoms with Crippen LogP contribution in [-0.4, -0.2) is 0 Å². The summed E-state index contributed by atoms with van der Waals surface area (Å²) < 4.78 is 0. The molecule has 0 N–H and O–H groups in total. The second-order valence-corrected chi connectivity index (χ2v) is 6.78. The highest BCUT2D eigenvalue weighted by Crippen LogP contribution is 2.17. The van der Waals surface area contributed by atoms with Crippen molar-refractivity contribution in [3.8, 4) is 11.8 Å². The first-order chi connectivity index (χ1) is 10.8. The van der Waals surface area contributed by atoms with Crippen molar-refractivity contribution in [3.63, 3.8) is 0 Å². The largest absolute Gasteiger partial charge is 0.103 e. The van der Waals surface area contributed by atoms with Crippen molar-refractivity contribution >= 4 is 0 Å². The molecule has 1 atom stereocenters. The van der Waals surface area contributed by atoms with Crippen molar-refractivity contribution in [2.24, 2.45) is 5.92 Å². The number of hydrogen-bond acceptors (Lipinski definition) is 0. The van der Waals surface area contributed by atoms with Crippen molar-refractivity contribution in [3.05, 3.63) is 13.8 Å². The lowest BCUT2D eigenvalue weighted by atomic mass is 9.96. The van der Waals surface area contributed by atoms with Crippen molar-refractivity contribution in [1.29, 1.82) is 0 Å². The third kappa shape index (κ3) is 17.6. The molecule has 0 aliphatic carbocycles. The summed E-state index contributed by atoms with van der Waals surface area (Å²) in [5.74, 6) is 7.59. The lowest BCUT2D eigenvalue weighted by molar-refractivity contribution is 0.439. The standard InChI is InChI=1S/C22H40/c1-4-6-8-10-11-12-13-14-15-16-17-19-21-22(3)20-18-9-7-5-2/h22H,1-2,4-12,15-21H2,3H3. The minimum atomic E-state index is 0.911. The molecule has 2 radical (unpaired) electrons. The van der Waals surface area contributed by atoms with E-state index in [1.54, 1.807) is 0 Å². The molecule has 0 aliphatic rings. The second kappa shape index (κ2) is 18.6. The molecular formula is C22H40. The van der Waals surface area contributed by atoms with Crippen LogP contribution < -0.4 is 0 Å². The van der Waals surface area contributed by atoms with Crippen LogP contribution in [0.5, 0.6) is 0 Å². The Kier molecular flexibility index (Phi) is 18.2. The Balaban J connectivity index is 3.22. The van der Waals surface area contributed by atoms with Gasteiger partial charge in [-0.3, -0.25) is 0 Å². The molecule has 0 nitrogen and oxygen atoms in total. The predicted octanol–water partition coefficient (Wildman–Crippen LogP) is 7.54. The Labute approximate surface area is 141 Å². The number of hydrogen-bond donors (Lipinski definition) is 0. The average Bonchev–Trinajstić information content (AvgIpc) is 2.52. The van der Waals surface area contributed by atoms with E-state index in [0.717, 1.165) is 31.6 Å². The fraction of sp³-hybridized carbons (Fsp3) is 0.818. The lowest BCUT2D eigenvalue weighted by Crippen LogP contribution is -1.95. The molecule has 128 valence electrons. The molecule has 0 aromatic carbocycles. The molecular weight excluding hydrogens is 264 g/mol. The molecule has 0 rings (SSSR count). The highest BCUT2D eigenvalue weighted by molar-refractivity contribution is 4.98. The van der Waals surface area contributed by atoms with Gasteiger partial charge in [-0.15, -0.1) is 11.8 Å². The predicted molar refractivity (Wildman–Crippen MR) is 102 cm³/mol. The van der Waals surface area contributed by atoms with E-state index in [2.05, 4.69) is 32.6 Å². The summed E-state index contributed by atoms with van der Waals surface area (Å²) in [7, 11) is 0. The van der Waals surface area contributed by atoms with Gasteiger partial charge in [0, 0.05) is 12.8 Å². The SMILES string of the molecule is [CH2]CCCCCCC#CCCCCCC(C)CCCCC[CH2]. The molecule has 0 amide bonds. The van der Waals surface area contributed by atoms with Gasteiger partial charge in [-0.25, -0.2) is 0 Å². The van der Waals surface area contributed by atoms with Crippen LogP contribution in [0.2, 0.25) is 0 Å². The first-order valence-electron chi connectivity index (χ1n) is 9.85. The highest BCUT2D eigenvalue weighted by atomic mass is 14.1. The van der Waals surface area contributed by atoms with Crippen molar-refractivity contribution in [2.75, 3.05) is 0 Å². The second-order valence-electron chi connectivity index (χ2n) is 6.78. The van der Waals surface area contributed by atoms with E-state index < -0.39 is 0 Å². The van der Waals surface area contributed by atoms with E-state index in [4.69, 9.17) is 0 Å². The zero-order valence-corrected chi connectivity index (χ0v) is 15.3. The lowest BCUT2D eigenvalue weighted by Gasteiger charge is -2.10. The van der Waals surface area contributed by atoms with Gasteiger partial charge in [0.2, 0.25) is 0 Å². The minimum Gasteiger partial charge on any atom is -0.103 e. The molecule has 0 aliphatic heterocycles. The Morgan fingerprint density at radius 1 is 0.591 bits per heavy atom. The van der Waals surface area contributed by atoms with Gasteiger partial charge in [-0.1, -0.05) is 97.8 Å².